The van der Waals surface area contributed by atoms with Gasteiger partial charge in [0.05, 0.1) is 22.1 Å². The molecule has 2 saturated carbocycles. The van der Waals surface area contributed by atoms with E-state index in [2.05, 4.69) is 301 Å². The molecule has 3 aliphatic rings. The number of anilines is 3. The van der Waals surface area contributed by atoms with Gasteiger partial charge in [0, 0.05) is 33.4 Å². The lowest BCUT2D eigenvalue weighted by Crippen LogP contribution is -2.28. The van der Waals surface area contributed by atoms with Gasteiger partial charge in [-0.3, -0.25) is 0 Å². The predicted octanol–water partition coefficient (Wildman–Crippen LogP) is 23.4. The number of nitrogens with zero attached hydrogens (tertiary/aromatic N) is 2. The molecule has 0 N–H and O–H groups in total. The Hall–Kier alpha value is -9.76. The maximum Gasteiger partial charge on any atom is 0.0714 e. The molecule has 16 rings (SSSR count). The average molecular weight is 1120 g/mol. The number of hydrogen-bond donors (Lipinski definition) is 0. The Morgan fingerprint density at radius 2 is 0.736 bits per heavy atom. The summed E-state index contributed by atoms with van der Waals surface area (Å²) in [5, 5.41) is 2.81. The number of hydrogen-bond acceptors (Lipinski definition) is 1. The first-order valence-electron chi connectivity index (χ1n) is 31.9. The number of benzene rings is 12. The van der Waals surface area contributed by atoms with Gasteiger partial charge in [-0.2, -0.15) is 0 Å². The Balaban J connectivity index is 0.762. The van der Waals surface area contributed by atoms with Crippen molar-refractivity contribution in [3.05, 3.63) is 325 Å². The van der Waals surface area contributed by atoms with Gasteiger partial charge in [-0.15, -0.1) is 0 Å². The van der Waals surface area contributed by atoms with Gasteiger partial charge >= 0.3 is 0 Å². The molecule has 0 saturated heterocycles. The summed E-state index contributed by atoms with van der Waals surface area (Å²) in [5.74, 6) is 1.34. The van der Waals surface area contributed by atoms with E-state index in [9.17, 15) is 0 Å². The standard InChI is InChI=1S/C85H70N2/c1-6-22-59(23-7-1)66-46-54-83-78(56-66)79-57-67(60-24-8-2-9-25-60)47-55-84(79)87(83)71-50-44-64(45-51-71)62-40-38-61(39-41-62)63-42-48-70(49-43-63)86(82-37-21-19-35-77(82)74-33-17-16-32-73(74)65-26-10-3-11-27-65)72-52-53-76-75-34-18-20-36-80(75)85(81(76)58-72,68-28-12-4-13-29-68)69-30-14-5-15-31-69/h3-5,10-21,26-60H,1-2,6-9,22-25H2. The number of para-hydroxylation sites is 1. The molecule has 1 heterocycles. The molecule has 12 aromatic carbocycles. The molecule has 87 heavy (non-hydrogen) atoms. The number of aromatic nitrogens is 1. The highest BCUT2D eigenvalue weighted by molar-refractivity contribution is 6.10. The normalized spacial score (nSPS) is 14.9. The Labute approximate surface area is 512 Å². The van der Waals surface area contributed by atoms with Crippen molar-refractivity contribution >= 4 is 38.9 Å². The van der Waals surface area contributed by atoms with E-state index in [4.69, 9.17) is 0 Å². The fraction of sp³-hybridized carbons (Fsp3) is 0.153. The van der Waals surface area contributed by atoms with E-state index in [0.29, 0.717) is 11.8 Å². The van der Waals surface area contributed by atoms with E-state index in [-0.39, 0.29) is 0 Å². The lowest BCUT2D eigenvalue weighted by atomic mass is 9.67. The van der Waals surface area contributed by atoms with E-state index in [1.54, 1.807) is 0 Å². The molecule has 0 atom stereocenters. The quantitative estimate of drug-likeness (QED) is 0.118. The summed E-state index contributed by atoms with van der Waals surface area (Å²) in [7, 11) is 0. The minimum absolute atomic E-state index is 0.545. The molecule has 0 aliphatic heterocycles. The highest BCUT2D eigenvalue weighted by Crippen LogP contribution is 2.58. The topological polar surface area (TPSA) is 8.17 Å². The van der Waals surface area contributed by atoms with Crippen LogP contribution < -0.4 is 4.90 Å². The molecule has 0 spiro atoms. The van der Waals surface area contributed by atoms with E-state index >= 15 is 0 Å². The van der Waals surface area contributed by atoms with E-state index in [1.807, 2.05) is 0 Å². The molecule has 13 aromatic rings. The zero-order valence-corrected chi connectivity index (χ0v) is 49.3. The van der Waals surface area contributed by atoms with Gasteiger partial charge < -0.3 is 9.47 Å². The van der Waals surface area contributed by atoms with Gasteiger partial charge in [-0.05, 0) is 188 Å². The fourth-order valence-electron chi connectivity index (χ4n) is 15.7. The van der Waals surface area contributed by atoms with Crippen LogP contribution in [0.1, 0.15) is 109 Å². The largest absolute Gasteiger partial charge is 0.310 e. The SMILES string of the molecule is c1ccc(-c2ccccc2-c2ccccc2N(c2ccc(-c3ccc(-c4ccc(-n5c6ccc(C7CCCCC7)cc6c6cc(C7CCCCC7)ccc65)cc4)cc3)cc2)c2ccc3c(c2)C(c2ccccc2)(c2ccccc2)c2ccccc2-3)cc1. The summed E-state index contributed by atoms with van der Waals surface area (Å²) in [5.41, 5.74) is 26.7. The second-order valence-corrected chi connectivity index (χ2v) is 24.8. The number of rotatable bonds is 12. The zero-order valence-electron chi connectivity index (χ0n) is 49.3. The smallest absolute Gasteiger partial charge is 0.0714 e. The van der Waals surface area contributed by atoms with E-state index in [1.165, 1.54) is 175 Å². The van der Waals surface area contributed by atoms with Crippen LogP contribution in [-0.2, 0) is 5.41 Å². The van der Waals surface area contributed by atoms with E-state index in [0.717, 1.165) is 22.6 Å². The van der Waals surface area contributed by atoms with Crippen LogP contribution in [0.3, 0.4) is 0 Å². The van der Waals surface area contributed by atoms with Gasteiger partial charge in [0.2, 0.25) is 0 Å². The molecular weight excluding hydrogens is 1050 g/mol. The van der Waals surface area contributed by atoms with Crippen LogP contribution in [0.2, 0.25) is 0 Å². The van der Waals surface area contributed by atoms with Crippen molar-refractivity contribution in [2.45, 2.75) is 81.5 Å². The second kappa shape index (κ2) is 22.6. The summed E-state index contributed by atoms with van der Waals surface area (Å²) >= 11 is 0. The summed E-state index contributed by atoms with van der Waals surface area (Å²) in [6, 6.07) is 110. The van der Waals surface area contributed by atoms with Gasteiger partial charge in [-0.25, -0.2) is 0 Å². The van der Waals surface area contributed by atoms with Crippen LogP contribution in [0, 0.1) is 0 Å². The Morgan fingerprint density at radius 1 is 0.299 bits per heavy atom. The van der Waals surface area contributed by atoms with Crippen molar-refractivity contribution in [1.82, 2.24) is 4.57 Å². The third kappa shape index (κ3) is 9.33. The second-order valence-electron chi connectivity index (χ2n) is 24.8. The van der Waals surface area contributed by atoms with E-state index < -0.39 is 5.41 Å². The zero-order chi connectivity index (χ0) is 57.7. The van der Waals surface area contributed by atoms with Crippen LogP contribution in [0.25, 0.3) is 83.1 Å². The minimum Gasteiger partial charge on any atom is -0.310 e. The molecule has 2 nitrogen and oxygen atoms in total. The lowest BCUT2D eigenvalue weighted by molar-refractivity contribution is 0.444. The van der Waals surface area contributed by atoms with Gasteiger partial charge in [0.25, 0.3) is 0 Å². The third-order valence-electron chi connectivity index (χ3n) is 19.9. The summed E-state index contributed by atoms with van der Waals surface area (Å²) in [6.45, 7) is 0. The summed E-state index contributed by atoms with van der Waals surface area (Å²) < 4.78 is 2.52. The van der Waals surface area contributed by atoms with Crippen molar-refractivity contribution < 1.29 is 0 Å². The summed E-state index contributed by atoms with van der Waals surface area (Å²) in [4.78, 5) is 2.49. The van der Waals surface area contributed by atoms with Gasteiger partial charge in [0.1, 0.15) is 0 Å². The van der Waals surface area contributed by atoms with Crippen molar-refractivity contribution in [3.8, 4) is 61.3 Å². The maximum absolute atomic E-state index is 2.57. The Kier molecular flexibility index (Phi) is 13.7. The Morgan fingerprint density at radius 3 is 1.30 bits per heavy atom. The van der Waals surface area contributed by atoms with Crippen LogP contribution in [0.15, 0.2) is 291 Å². The van der Waals surface area contributed by atoms with Crippen molar-refractivity contribution in [3.63, 3.8) is 0 Å². The first-order valence-corrected chi connectivity index (χ1v) is 31.9. The molecule has 0 unspecified atom stereocenters. The Bertz CT molecular complexity index is 4490. The average Bonchev–Trinajstić information content (AvgIpc) is 1.82. The predicted molar refractivity (Wildman–Crippen MR) is 366 cm³/mol. The molecule has 2 fully saturated rings. The molecule has 2 heteroatoms. The maximum atomic E-state index is 2.57. The minimum atomic E-state index is -0.545. The van der Waals surface area contributed by atoms with Crippen molar-refractivity contribution in [1.29, 1.82) is 0 Å². The molecular formula is C85H70N2. The first kappa shape index (κ1) is 52.8. The van der Waals surface area contributed by atoms with Crippen LogP contribution >= 0.6 is 0 Å². The fourth-order valence-corrected chi connectivity index (χ4v) is 15.7. The lowest BCUT2D eigenvalue weighted by Gasteiger charge is -2.35. The summed E-state index contributed by atoms with van der Waals surface area (Å²) in [6.07, 6.45) is 13.4. The molecule has 0 radical (unpaired) electrons. The van der Waals surface area contributed by atoms with Crippen molar-refractivity contribution in [2.75, 3.05) is 4.90 Å². The molecule has 0 bridgehead atoms. The highest BCUT2D eigenvalue weighted by Gasteiger charge is 2.46. The third-order valence-corrected chi connectivity index (χ3v) is 19.9. The van der Waals surface area contributed by atoms with Crippen LogP contribution in [0.4, 0.5) is 17.1 Å². The van der Waals surface area contributed by atoms with Crippen LogP contribution in [-0.4, -0.2) is 4.57 Å². The monoisotopic (exact) mass is 1120 g/mol. The molecule has 3 aliphatic carbocycles. The highest BCUT2D eigenvalue weighted by atomic mass is 15.1. The first-order chi connectivity index (χ1) is 43.2. The number of fused-ring (bicyclic) bond motifs is 6. The van der Waals surface area contributed by atoms with Crippen molar-refractivity contribution in [2.24, 2.45) is 0 Å². The molecule has 0 amide bonds. The van der Waals surface area contributed by atoms with Crippen LogP contribution in [0.5, 0.6) is 0 Å². The van der Waals surface area contributed by atoms with Gasteiger partial charge in [-0.1, -0.05) is 263 Å². The molecule has 420 valence electrons. The van der Waals surface area contributed by atoms with Gasteiger partial charge in [0.15, 0.2) is 0 Å². The molecule has 1 aromatic heterocycles.